The zero-order valence-corrected chi connectivity index (χ0v) is 14.9. The van der Waals surface area contributed by atoms with Crippen LogP contribution in [0.25, 0.3) is 0 Å². The molecule has 1 saturated heterocycles. The third-order valence-electron chi connectivity index (χ3n) is 4.57. The third kappa shape index (κ3) is 4.46. The molecule has 2 aromatic rings. The molecule has 0 aliphatic carbocycles. The molecule has 0 bridgehead atoms. The molecule has 1 amide bonds. The van der Waals surface area contributed by atoms with Gasteiger partial charge in [-0.2, -0.15) is 4.98 Å². The number of nitrogens with one attached hydrogen (secondary N) is 1. The highest BCUT2D eigenvalue weighted by atomic mass is 16.5. The summed E-state index contributed by atoms with van der Waals surface area (Å²) in [6.45, 7) is 9.60. The Morgan fingerprint density at radius 3 is 2.68 bits per heavy atom. The predicted molar refractivity (Wildman–Crippen MR) is 90.7 cm³/mol. The summed E-state index contributed by atoms with van der Waals surface area (Å²) in [7, 11) is 0. The van der Waals surface area contributed by atoms with Crippen molar-refractivity contribution in [1.29, 1.82) is 0 Å². The van der Waals surface area contributed by atoms with Crippen LogP contribution in [0.2, 0.25) is 0 Å². The van der Waals surface area contributed by atoms with E-state index in [9.17, 15) is 4.79 Å². The fourth-order valence-electron chi connectivity index (χ4n) is 3.05. The summed E-state index contributed by atoms with van der Waals surface area (Å²) in [6.07, 6.45) is 1.61. The molecule has 1 aliphatic heterocycles. The summed E-state index contributed by atoms with van der Waals surface area (Å²) >= 11 is 0. The van der Waals surface area contributed by atoms with Crippen molar-refractivity contribution in [3.05, 3.63) is 35.9 Å². The lowest BCUT2D eigenvalue weighted by atomic mass is 10.2. The maximum Gasteiger partial charge on any atom is 0.243 e. The molecule has 8 nitrogen and oxygen atoms in total. The average molecular weight is 347 g/mol. The van der Waals surface area contributed by atoms with E-state index in [4.69, 9.17) is 8.94 Å². The van der Waals surface area contributed by atoms with Crippen molar-refractivity contribution in [1.82, 2.24) is 25.3 Å². The molecule has 2 atom stereocenters. The van der Waals surface area contributed by atoms with Crippen LogP contribution in [-0.2, 0) is 4.79 Å². The van der Waals surface area contributed by atoms with E-state index in [1.807, 2.05) is 26.0 Å². The van der Waals surface area contributed by atoms with E-state index in [1.54, 1.807) is 6.26 Å². The number of rotatable bonds is 6. The number of aryl methyl sites for hydroxylation is 1. The van der Waals surface area contributed by atoms with Gasteiger partial charge in [-0.15, -0.1) is 0 Å². The summed E-state index contributed by atoms with van der Waals surface area (Å²) in [5.74, 6) is 2.08. The zero-order chi connectivity index (χ0) is 17.8. The van der Waals surface area contributed by atoms with Gasteiger partial charge in [0.2, 0.25) is 11.8 Å². The van der Waals surface area contributed by atoms with Gasteiger partial charge in [0.15, 0.2) is 5.82 Å². The summed E-state index contributed by atoms with van der Waals surface area (Å²) in [4.78, 5) is 21.0. The minimum Gasteiger partial charge on any atom is -0.467 e. The number of carbonyl (C=O) groups excluding carboxylic acids is 1. The molecule has 0 radical (unpaired) electrons. The van der Waals surface area contributed by atoms with Crippen molar-refractivity contribution in [3.8, 4) is 0 Å². The number of aromatic nitrogens is 2. The van der Waals surface area contributed by atoms with Gasteiger partial charge >= 0.3 is 0 Å². The first-order valence-electron chi connectivity index (χ1n) is 8.62. The first kappa shape index (κ1) is 17.6. The van der Waals surface area contributed by atoms with Crippen LogP contribution < -0.4 is 5.32 Å². The maximum atomic E-state index is 12.2. The molecular formula is C17H25N5O3. The number of hydrogen-bond donors (Lipinski definition) is 1. The van der Waals surface area contributed by atoms with E-state index in [-0.39, 0.29) is 18.0 Å². The minimum atomic E-state index is -0.121. The highest BCUT2D eigenvalue weighted by Gasteiger charge is 2.26. The molecule has 8 heteroatoms. The van der Waals surface area contributed by atoms with E-state index in [0.717, 1.165) is 31.9 Å². The molecule has 3 rings (SSSR count). The number of piperazine rings is 1. The standard InChI is InChI=1S/C17H25N5O3/c1-12(15-5-4-10-24-15)18-16(23)11-21-6-8-22(9-7-21)13(2)17-19-14(3)20-25-17/h4-5,10,12-13H,6-9,11H2,1-3H3,(H,18,23). The zero-order valence-electron chi connectivity index (χ0n) is 14.9. The summed E-state index contributed by atoms with van der Waals surface area (Å²) in [5.41, 5.74) is 0. The maximum absolute atomic E-state index is 12.2. The van der Waals surface area contributed by atoms with Gasteiger partial charge in [0.1, 0.15) is 5.76 Å². The van der Waals surface area contributed by atoms with Gasteiger partial charge < -0.3 is 14.3 Å². The van der Waals surface area contributed by atoms with Gasteiger partial charge in [-0.25, -0.2) is 0 Å². The van der Waals surface area contributed by atoms with Crippen molar-refractivity contribution >= 4 is 5.91 Å². The number of hydrogen-bond acceptors (Lipinski definition) is 7. The lowest BCUT2D eigenvalue weighted by Gasteiger charge is -2.36. The monoisotopic (exact) mass is 347 g/mol. The van der Waals surface area contributed by atoms with E-state index in [1.165, 1.54) is 0 Å². The molecule has 0 saturated carbocycles. The summed E-state index contributed by atoms with van der Waals surface area (Å²) < 4.78 is 10.6. The van der Waals surface area contributed by atoms with Crippen LogP contribution in [0.5, 0.6) is 0 Å². The van der Waals surface area contributed by atoms with E-state index < -0.39 is 0 Å². The van der Waals surface area contributed by atoms with E-state index in [2.05, 4.69) is 32.2 Å². The van der Waals surface area contributed by atoms with Gasteiger partial charge in [0.05, 0.1) is 24.9 Å². The lowest BCUT2D eigenvalue weighted by Crippen LogP contribution is -2.50. The Morgan fingerprint density at radius 2 is 2.08 bits per heavy atom. The van der Waals surface area contributed by atoms with Crippen LogP contribution in [0.3, 0.4) is 0 Å². The van der Waals surface area contributed by atoms with Gasteiger partial charge in [-0.05, 0) is 32.9 Å². The first-order valence-corrected chi connectivity index (χ1v) is 8.62. The topological polar surface area (TPSA) is 87.6 Å². The van der Waals surface area contributed by atoms with Crippen LogP contribution in [-0.4, -0.2) is 58.6 Å². The molecule has 3 heterocycles. The Morgan fingerprint density at radius 1 is 1.32 bits per heavy atom. The molecule has 0 spiro atoms. The fourth-order valence-corrected chi connectivity index (χ4v) is 3.05. The second-order valence-electron chi connectivity index (χ2n) is 6.47. The summed E-state index contributed by atoms with van der Waals surface area (Å²) in [6, 6.07) is 3.66. The molecule has 136 valence electrons. The quantitative estimate of drug-likeness (QED) is 0.848. The lowest BCUT2D eigenvalue weighted by molar-refractivity contribution is -0.123. The highest BCUT2D eigenvalue weighted by molar-refractivity contribution is 5.78. The Balaban J connectivity index is 1.43. The second kappa shape index (κ2) is 7.79. The van der Waals surface area contributed by atoms with E-state index >= 15 is 0 Å². The molecule has 1 aliphatic rings. The van der Waals surface area contributed by atoms with Gasteiger partial charge in [-0.1, -0.05) is 5.16 Å². The Hall–Kier alpha value is -2.19. The normalized spacial score (nSPS) is 18.8. The Kier molecular flexibility index (Phi) is 5.50. The molecule has 1 fully saturated rings. The van der Waals surface area contributed by atoms with Gasteiger partial charge in [0.25, 0.3) is 0 Å². The predicted octanol–water partition coefficient (Wildman–Crippen LogP) is 1.53. The first-order chi connectivity index (χ1) is 12.0. The smallest absolute Gasteiger partial charge is 0.243 e. The SMILES string of the molecule is Cc1noc(C(C)N2CCN(CC(=O)NC(C)c3ccco3)CC2)n1. The number of nitrogens with zero attached hydrogens (tertiary/aromatic N) is 4. The number of carbonyl (C=O) groups is 1. The van der Waals surface area contributed by atoms with Crippen molar-refractivity contribution in [2.45, 2.75) is 32.9 Å². The van der Waals surface area contributed by atoms with Crippen molar-refractivity contribution in [3.63, 3.8) is 0 Å². The largest absolute Gasteiger partial charge is 0.467 e. The Bertz CT molecular complexity index is 676. The van der Waals surface area contributed by atoms with Crippen molar-refractivity contribution in [2.75, 3.05) is 32.7 Å². The van der Waals surface area contributed by atoms with E-state index in [0.29, 0.717) is 18.3 Å². The molecule has 2 aromatic heterocycles. The molecule has 2 unspecified atom stereocenters. The van der Waals surface area contributed by atoms with Crippen LogP contribution in [0.1, 0.15) is 43.4 Å². The van der Waals surface area contributed by atoms with Crippen molar-refractivity contribution in [2.24, 2.45) is 0 Å². The third-order valence-corrected chi connectivity index (χ3v) is 4.57. The van der Waals surface area contributed by atoms with Crippen molar-refractivity contribution < 1.29 is 13.7 Å². The number of furan rings is 1. The van der Waals surface area contributed by atoms with Crippen LogP contribution >= 0.6 is 0 Å². The number of amides is 1. The van der Waals surface area contributed by atoms with Crippen LogP contribution in [0.4, 0.5) is 0 Å². The van der Waals surface area contributed by atoms with Crippen LogP contribution in [0, 0.1) is 6.92 Å². The summed E-state index contributed by atoms with van der Waals surface area (Å²) in [5, 5.41) is 6.82. The fraction of sp³-hybridized carbons (Fsp3) is 0.588. The molecule has 0 aromatic carbocycles. The minimum absolute atomic E-state index is 0.0120. The van der Waals surface area contributed by atoms with Gasteiger partial charge in [0, 0.05) is 26.2 Å². The highest BCUT2D eigenvalue weighted by Crippen LogP contribution is 2.20. The van der Waals surface area contributed by atoms with Crippen LogP contribution in [0.15, 0.2) is 27.3 Å². The molecular weight excluding hydrogens is 322 g/mol. The van der Waals surface area contributed by atoms with Gasteiger partial charge in [-0.3, -0.25) is 14.6 Å². The average Bonchev–Trinajstić information content (AvgIpc) is 3.26. The second-order valence-corrected chi connectivity index (χ2v) is 6.47. The molecule has 25 heavy (non-hydrogen) atoms. The molecule has 1 N–H and O–H groups in total. The Labute approximate surface area is 147 Å².